The SMILES string of the molecule is O=C(CCC/C=C\C[C@@H]1[C@@H](CC[C@@H](O)COc2cccc(C(F)(F)F)c2)[C@H](O)C[C@@H]1O)Oc1ccccc1CO[N+](=O)[O-]. The fourth-order valence-electron chi connectivity index (χ4n) is 5.08. The van der Waals surface area contributed by atoms with Crippen LogP contribution in [-0.2, 0) is 22.4 Å². The van der Waals surface area contributed by atoms with Crippen LogP contribution in [0.2, 0.25) is 0 Å². The molecule has 0 heterocycles. The van der Waals surface area contributed by atoms with Gasteiger partial charge in [0.05, 0.1) is 23.9 Å². The van der Waals surface area contributed by atoms with Crippen molar-refractivity contribution in [2.75, 3.05) is 6.61 Å². The summed E-state index contributed by atoms with van der Waals surface area (Å²) < 4.78 is 49.3. The van der Waals surface area contributed by atoms with Crippen LogP contribution in [0.15, 0.2) is 60.7 Å². The molecule has 0 bridgehead atoms. The highest BCUT2D eigenvalue weighted by Crippen LogP contribution is 2.38. The number of hydrogen-bond donors (Lipinski definition) is 3. The Hall–Kier alpha value is -3.68. The Morgan fingerprint density at radius 3 is 2.58 bits per heavy atom. The maximum absolute atomic E-state index is 12.9. The van der Waals surface area contributed by atoms with E-state index in [0.29, 0.717) is 31.2 Å². The zero-order valence-corrected chi connectivity index (χ0v) is 23.4. The standard InChI is InChI=1S/C30H36F3NO9/c31-30(32,33)21-9-7-10-23(16-21)41-19-22(35)14-15-25-24(26(36)17-27(25)37)11-3-1-2-4-13-29(38)43-28-12-6-5-8-20(28)18-42-34(39)40/h1,3,5-10,12,16,22,24-27,35-37H,2,4,11,13-15,17-19H2/b3-1-/t22-,24-,25-,26+,27-/m1/s1. The molecule has 1 aliphatic carbocycles. The predicted octanol–water partition coefficient (Wildman–Crippen LogP) is 5.01. The number of esters is 1. The largest absolute Gasteiger partial charge is 0.491 e. The average molecular weight is 612 g/mol. The summed E-state index contributed by atoms with van der Waals surface area (Å²) in [5.74, 6) is -0.833. The molecule has 0 saturated heterocycles. The number of rotatable bonds is 16. The van der Waals surface area contributed by atoms with Crippen molar-refractivity contribution < 1.29 is 52.7 Å². The second-order valence-corrected chi connectivity index (χ2v) is 10.4. The van der Waals surface area contributed by atoms with E-state index in [4.69, 9.17) is 9.47 Å². The summed E-state index contributed by atoms with van der Waals surface area (Å²) in [6.45, 7) is -0.549. The van der Waals surface area contributed by atoms with Crippen molar-refractivity contribution in [2.24, 2.45) is 11.8 Å². The molecule has 3 N–H and O–H groups in total. The molecule has 2 aromatic rings. The van der Waals surface area contributed by atoms with Crippen LogP contribution in [0.4, 0.5) is 13.2 Å². The van der Waals surface area contributed by atoms with Crippen molar-refractivity contribution in [3.05, 3.63) is 81.9 Å². The summed E-state index contributed by atoms with van der Waals surface area (Å²) in [6.07, 6.45) is -0.723. The van der Waals surface area contributed by atoms with Gasteiger partial charge in [0.2, 0.25) is 0 Å². The third-order valence-corrected chi connectivity index (χ3v) is 7.31. The van der Waals surface area contributed by atoms with Gasteiger partial charge in [-0.05, 0) is 74.6 Å². The van der Waals surface area contributed by atoms with Gasteiger partial charge in [-0.25, -0.2) is 0 Å². The molecule has 13 heteroatoms. The first-order valence-corrected chi connectivity index (χ1v) is 14.0. The summed E-state index contributed by atoms with van der Waals surface area (Å²) in [5, 5.41) is 40.8. The van der Waals surface area contributed by atoms with Gasteiger partial charge in [-0.2, -0.15) is 13.2 Å². The van der Waals surface area contributed by atoms with Crippen LogP contribution in [-0.4, -0.2) is 51.3 Å². The smallest absolute Gasteiger partial charge is 0.416 e. The van der Waals surface area contributed by atoms with Crippen LogP contribution >= 0.6 is 0 Å². The Kier molecular flexibility index (Phi) is 12.8. The van der Waals surface area contributed by atoms with Crippen molar-refractivity contribution in [3.63, 3.8) is 0 Å². The molecule has 0 spiro atoms. The van der Waals surface area contributed by atoms with E-state index < -0.39 is 41.1 Å². The minimum Gasteiger partial charge on any atom is -0.491 e. The number of carbonyl (C=O) groups is 1. The van der Waals surface area contributed by atoms with Crippen molar-refractivity contribution in [1.82, 2.24) is 0 Å². The van der Waals surface area contributed by atoms with E-state index in [1.165, 1.54) is 18.2 Å². The maximum atomic E-state index is 12.9. The Labute approximate surface area is 246 Å². The van der Waals surface area contributed by atoms with Gasteiger partial charge in [-0.15, -0.1) is 10.1 Å². The summed E-state index contributed by atoms with van der Waals surface area (Å²) in [7, 11) is 0. The molecule has 1 fully saturated rings. The molecule has 0 aromatic heterocycles. The van der Waals surface area contributed by atoms with E-state index >= 15 is 0 Å². The van der Waals surface area contributed by atoms with Crippen LogP contribution in [0.25, 0.3) is 0 Å². The lowest BCUT2D eigenvalue weighted by Crippen LogP contribution is -2.25. The quantitative estimate of drug-likeness (QED) is 0.0595. The van der Waals surface area contributed by atoms with Crippen LogP contribution in [0.3, 0.4) is 0 Å². The fraction of sp³-hybridized carbons (Fsp3) is 0.500. The molecule has 43 heavy (non-hydrogen) atoms. The Morgan fingerprint density at radius 1 is 1.09 bits per heavy atom. The summed E-state index contributed by atoms with van der Waals surface area (Å²) in [6, 6.07) is 10.8. The second kappa shape index (κ2) is 16.2. The number of aliphatic hydroxyl groups is 3. The first kappa shape index (κ1) is 33.8. The molecule has 0 unspecified atom stereocenters. The van der Waals surface area contributed by atoms with Crippen LogP contribution in [0.5, 0.6) is 11.5 Å². The zero-order chi connectivity index (χ0) is 31.4. The first-order chi connectivity index (χ1) is 20.4. The number of halogens is 3. The first-order valence-electron chi connectivity index (χ1n) is 14.0. The van der Waals surface area contributed by atoms with Crippen molar-refractivity contribution in [2.45, 2.75) is 76.0 Å². The molecule has 2 aromatic carbocycles. The van der Waals surface area contributed by atoms with Gasteiger partial charge in [-0.1, -0.05) is 36.4 Å². The summed E-state index contributed by atoms with van der Waals surface area (Å²) in [4.78, 5) is 27.0. The molecule has 5 atom stereocenters. The van der Waals surface area contributed by atoms with Crippen LogP contribution in [0.1, 0.15) is 56.1 Å². The van der Waals surface area contributed by atoms with Gasteiger partial charge in [0, 0.05) is 12.0 Å². The number of aliphatic hydroxyl groups excluding tert-OH is 3. The third-order valence-electron chi connectivity index (χ3n) is 7.31. The van der Waals surface area contributed by atoms with Crippen molar-refractivity contribution in [1.29, 1.82) is 0 Å². The molecule has 0 aliphatic heterocycles. The highest BCUT2D eigenvalue weighted by Gasteiger charge is 2.40. The lowest BCUT2D eigenvalue weighted by atomic mass is 9.86. The third kappa shape index (κ3) is 11.2. The number of nitrogens with zero attached hydrogens (tertiary/aromatic N) is 1. The summed E-state index contributed by atoms with van der Waals surface area (Å²) in [5.41, 5.74) is -0.475. The van der Waals surface area contributed by atoms with E-state index in [0.717, 1.165) is 12.1 Å². The Balaban J connectivity index is 1.39. The number of ether oxygens (including phenoxy) is 2. The topological polar surface area (TPSA) is 149 Å². The van der Waals surface area contributed by atoms with Gasteiger partial charge < -0.3 is 29.6 Å². The molecule has 236 valence electrons. The molecule has 1 saturated carbocycles. The molecular formula is C30H36F3NO9. The number of benzene rings is 2. The number of unbranched alkanes of at least 4 members (excludes halogenated alkanes) is 1. The lowest BCUT2D eigenvalue weighted by Gasteiger charge is -2.23. The van der Waals surface area contributed by atoms with Crippen LogP contribution < -0.4 is 9.47 Å². The van der Waals surface area contributed by atoms with Crippen LogP contribution in [0, 0.1) is 22.0 Å². The second-order valence-electron chi connectivity index (χ2n) is 10.4. The van der Waals surface area contributed by atoms with Gasteiger partial charge in [-0.3, -0.25) is 4.79 Å². The molecule has 0 radical (unpaired) electrons. The normalized spacial score (nSPS) is 21.1. The highest BCUT2D eigenvalue weighted by atomic mass is 19.4. The van der Waals surface area contributed by atoms with Gasteiger partial charge in [0.1, 0.15) is 24.7 Å². The van der Waals surface area contributed by atoms with E-state index in [9.17, 15) is 43.4 Å². The van der Waals surface area contributed by atoms with Crippen molar-refractivity contribution >= 4 is 5.97 Å². The molecule has 1 aliphatic rings. The fourth-order valence-corrected chi connectivity index (χ4v) is 5.08. The lowest BCUT2D eigenvalue weighted by molar-refractivity contribution is -0.763. The zero-order valence-electron chi connectivity index (χ0n) is 23.4. The minimum absolute atomic E-state index is 0.00594. The molecule has 10 nitrogen and oxygen atoms in total. The van der Waals surface area contributed by atoms with Gasteiger partial charge in [0.15, 0.2) is 0 Å². The Bertz CT molecular complexity index is 1220. The van der Waals surface area contributed by atoms with Gasteiger partial charge in [0.25, 0.3) is 5.09 Å². The molecular weight excluding hydrogens is 575 g/mol. The molecule has 3 rings (SSSR count). The number of hydrogen-bond acceptors (Lipinski definition) is 9. The maximum Gasteiger partial charge on any atom is 0.416 e. The predicted molar refractivity (Wildman–Crippen MR) is 147 cm³/mol. The Morgan fingerprint density at radius 2 is 1.84 bits per heavy atom. The van der Waals surface area contributed by atoms with E-state index in [2.05, 4.69) is 4.84 Å². The van der Waals surface area contributed by atoms with Crippen molar-refractivity contribution in [3.8, 4) is 11.5 Å². The monoisotopic (exact) mass is 611 g/mol. The average Bonchev–Trinajstić information content (AvgIpc) is 3.23. The highest BCUT2D eigenvalue weighted by molar-refractivity contribution is 5.72. The van der Waals surface area contributed by atoms with E-state index in [1.807, 2.05) is 12.2 Å². The number of alkyl halides is 3. The number of allylic oxidation sites excluding steroid dienone is 2. The van der Waals surface area contributed by atoms with E-state index in [-0.39, 0.29) is 55.8 Å². The number of para-hydroxylation sites is 1. The van der Waals surface area contributed by atoms with E-state index in [1.54, 1.807) is 18.2 Å². The molecule has 0 amide bonds. The number of carbonyl (C=O) groups excluding carboxylic acids is 1. The summed E-state index contributed by atoms with van der Waals surface area (Å²) >= 11 is 0. The minimum atomic E-state index is -4.50. The van der Waals surface area contributed by atoms with Gasteiger partial charge >= 0.3 is 12.1 Å².